The van der Waals surface area contributed by atoms with E-state index in [-0.39, 0.29) is 24.2 Å². The summed E-state index contributed by atoms with van der Waals surface area (Å²) >= 11 is 12.8. The second-order valence-corrected chi connectivity index (χ2v) is 7.77. The first kappa shape index (κ1) is 24.7. The third-order valence-corrected chi connectivity index (χ3v) is 5.51. The quantitative estimate of drug-likeness (QED) is 0.393. The standard InChI is InChI=1S/C22H21Cl2N3O3.ClH/c1-13(28)26-27-19-11-16(23)10-18(24)21(19)17(12-20(27)22(29)30-2)15-7-5-14(6-8-15)4-3-9-25;/h5-8,10-11,17,20H,4,12,25H2,1-2H3,(H,26,28);1H/t17-,20-;/m1./s1. The van der Waals surface area contributed by atoms with E-state index in [4.69, 9.17) is 33.7 Å². The molecular formula is C22H22Cl3N3O3. The molecule has 3 rings (SSSR count). The molecule has 164 valence electrons. The summed E-state index contributed by atoms with van der Waals surface area (Å²) in [5.41, 5.74) is 11.3. The SMILES string of the molecule is COC(=O)[C@H]1C[C@H](c2ccc(CC#CN)cc2)c2c(Cl)cc(Cl)cc2N1NC(C)=O.Cl. The van der Waals surface area contributed by atoms with E-state index in [0.717, 1.165) is 16.7 Å². The van der Waals surface area contributed by atoms with E-state index in [9.17, 15) is 9.59 Å². The highest BCUT2D eigenvalue weighted by Gasteiger charge is 2.40. The third kappa shape index (κ3) is 5.37. The van der Waals surface area contributed by atoms with Gasteiger partial charge >= 0.3 is 5.97 Å². The smallest absolute Gasteiger partial charge is 0.330 e. The van der Waals surface area contributed by atoms with Crippen LogP contribution >= 0.6 is 35.6 Å². The minimum absolute atomic E-state index is 0. The molecule has 9 heteroatoms. The Morgan fingerprint density at radius 3 is 2.52 bits per heavy atom. The minimum atomic E-state index is -0.742. The van der Waals surface area contributed by atoms with Gasteiger partial charge in [-0.3, -0.25) is 15.2 Å². The van der Waals surface area contributed by atoms with E-state index >= 15 is 0 Å². The molecule has 1 aliphatic heterocycles. The van der Waals surface area contributed by atoms with Gasteiger partial charge < -0.3 is 10.5 Å². The minimum Gasteiger partial charge on any atom is -0.467 e. The number of amides is 1. The first-order valence-corrected chi connectivity index (χ1v) is 10.0. The van der Waals surface area contributed by atoms with Crippen molar-refractivity contribution in [2.24, 2.45) is 5.73 Å². The van der Waals surface area contributed by atoms with Crippen LogP contribution in [0.25, 0.3) is 0 Å². The summed E-state index contributed by atoms with van der Waals surface area (Å²) in [4.78, 5) is 24.4. The molecule has 2 atom stereocenters. The maximum atomic E-state index is 12.6. The first-order chi connectivity index (χ1) is 14.3. The summed E-state index contributed by atoms with van der Waals surface area (Å²) in [7, 11) is 1.32. The van der Waals surface area contributed by atoms with Crippen LogP contribution in [0.5, 0.6) is 0 Å². The molecule has 0 unspecified atom stereocenters. The average Bonchev–Trinajstić information content (AvgIpc) is 2.72. The zero-order chi connectivity index (χ0) is 21.8. The van der Waals surface area contributed by atoms with E-state index in [0.29, 0.717) is 28.6 Å². The summed E-state index contributed by atoms with van der Waals surface area (Å²) < 4.78 is 5.00. The molecule has 6 nitrogen and oxygen atoms in total. The molecule has 3 N–H and O–H groups in total. The predicted octanol–water partition coefficient (Wildman–Crippen LogP) is 3.81. The molecule has 0 spiro atoms. The van der Waals surface area contributed by atoms with E-state index < -0.39 is 12.0 Å². The zero-order valence-corrected chi connectivity index (χ0v) is 19.3. The number of carbonyl (C=O) groups excluding carboxylic acids is 2. The van der Waals surface area contributed by atoms with Gasteiger partial charge in [-0.15, -0.1) is 12.4 Å². The molecular weight excluding hydrogens is 461 g/mol. The number of methoxy groups -OCH3 is 1. The number of hydrogen-bond acceptors (Lipinski definition) is 5. The lowest BCUT2D eigenvalue weighted by Gasteiger charge is -2.41. The predicted molar refractivity (Wildman–Crippen MR) is 124 cm³/mol. The number of nitrogens with zero attached hydrogens (tertiary/aromatic N) is 1. The number of carbonyl (C=O) groups is 2. The van der Waals surface area contributed by atoms with Crippen molar-refractivity contribution in [3.8, 4) is 12.0 Å². The summed E-state index contributed by atoms with van der Waals surface area (Å²) in [6.45, 7) is 1.37. The summed E-state index contributed by atoms with van der Waals surface area (Å²) in [6, 6.07) is 12.9. The Kier molecular flexibility index (Phi) is 8.46. The molecule has 0 fully saturated rings. The molecule has 0 aromatic heterocycles. The van der Waals surface area contributed by atoms with Gasteiger partial charge in [0.1, 0.15) is 6.04 Å². The highest BCUT2D eigenvalue weighted by Crippen LogP contribution is 2.46. The fourth-order valence-electron chi connectivity index (χ4n) is 3.70. The molecule has 1 aliphatic rings. The topological polar surface area (TPSA) is 84.7 Å². The highest BCUT2D eigenvalue weighted by atomic mass is 35.5. The fourth-order valence-corrected chi connectivity index (χ4v) is 4.31. The highest BCUT2D eigenvalue weighted by molar-refractivity contribution is 6.35. The van der Waals surface area contributed by atoms with Crippen LogP contribution in [0.15, 0.2) is 36.4 Å². The molecule has 0 aliphatic carbocycles. The van der Waals surface area contributed by atoms with Crippen molar-refractivity contribution in [3.63, 3.8) is 0 Å². The number of fused-ring (bicyclic) bond motifs is 1. The molecule has 2 aromatic rings. The Balaban J connectivity index is 0.00000341. The number of nitrogens with one attached hydrogen (secondary N) is 1. The van der Waals surface area contributed by atoms with Crippen LogP contribution in [0.3, 0.4) is 0 Å². The number of ether oxygens (including phenoxy) is 1. The van der Waals surface area contributed by atoms with Crippen molar-refractivity contribution >= 4 is 53.2 Å². The van der Waals surface area contributed by atoms with Crippen LogP contribution in [-0.2, 0) is 20.7 Å². The average molecular weight is 483 g/mol. The van der Waals surface area contributed by atoms with E-state index in [1.165, 1.54) is 19.0 Å². The summed E-state index contributed by atoms with van der Waals surface area (Å²) in [5.74, 6) is 1.84. The zero-order valence-electron chi connectivity index (χ0n) is 16.9. The van der Waals surface area contributed by atoms with Gasteiger partial charge in [-0.05, 0) is 29.7 Å². The molecule has 0 radical (unpaired) electrons. The number of hydrogen-bond donors (Lipinski definition) is 2. The van der Waals surface area contributed by atoms with E-state index in [2.05, 4.69) is 17.4 Å². The van der Waals surface area contributed by atoms with Crippen molar-refractivity contribution < 1.29 is 14.3 Å². The van der Waals surface area contributed by atoms with Crippen LogP contribution in [-0.4, -0.2) is 25.0 Å². The van der Waals surface area contributed by atoms with Crippen LogP contribution < -0.4 is 16.2 Å². The van der Waals surface area contributed by atoms with Gasteiger partial charge in [0.25, 0.3) is 0 Å². The lowest BCUT2D eigenvalue weighted by Crippen LogP contribution is -2.55. The number of rotatable bonds is 4. The van der Waals surface area contributed by atoms with Gasteiger partial charge in [0.2, 0.25) is 5.91 Å². The van der Waals surface area contributed by atoms with Gasteiger partial charge in [0.05, 0.1) is 12.8 Å². The number of hydrazine groups is 1. The number of benzene rings is 2. The Bertz CT molecular complexity index is 1030. The Morgan fingerprint density at radius 1 is 1.26 bits per heavy atom. The fraction of sp³-hybridized carbons (Fsp3) is 0.273. The summed E-state index contributed by atoms with van der Waals surface area (Å²) in [6.07, 6.45) is 0.915. The van der Waals surface area contributed by atoms with Crippen molar-refractivity contribution in [1.29, 1.82) is 0 Å². The molecule has 1 amide bonds. The van der Waals surface area contributed by atoms with Crippen molar-refractivity contribution in [2.45, 2.75) is 31.7 Å². The number of nitrogens with two attached hydrogens (primary N) is 1. The van der Waals surface area contributed by atoms with Crippen molar-refractivity contribution in [3.05, 3.63) is 63.1 Å². The van der Waals surface area contributed by atoms with E-state index in [1.807, 2.05) is 24.3 Å². The van der Waals surface area contributed by atoms with Crippen molar-refractivity contribution in [1.82, 2.24) is 5.43 Å². The lowest BCUT2D eigenvalue weighted by molar-refractivity contribution is -0.142. The van der Waals surface area contributed by atoms with Gasteiger partial charge in [-0.2, -0.15) is 0 Å². The second-order valence-electron chi connectivity index (χ2n) is 6.93. The molecule has 0 saturated carbocycles. The van der Waals surface area contributed by atoms with Crippen LogP contribution in [0.2, 0.25) is 10.0 Å². The van der Waals surface area contributed by atoms with Crippen LogP contribution in [0.4, 0.5) is 5.69 Å². The Labute approximate surface area is 197 Å². The van der Waals surface area contributed by atoms with Gasteiger partial charge in [-0.25, -0.2) is 4.79 Å². The maximum absolute atomic E-state index is 12.6. The molecule has 0 bridgehead atoms. The van der Waals surface area contributed by atoms with Gasteiger partial charge in [0.15, 0.2) is 0 Å². The maximum Gasteiger partial charge on any atom is 0.330 e. The Morgan fingerprint density at radius 2 is 1.94 bits per heavy atom. The van der Waals surface area contributed by atoms with E-state index in [1.54, 1.807) is 12.1 Å². The van der Waals surface area contributed by atoms with Crippen LogP contribution in [0.1, 0.15) is 36.0 Å². The largest absolute Gasteiger partial charge is 0.467 e. The second kappa shape index (κ2) is 10.6. The van der Waals surface area contributed by atoms with Gasteiger partial charge in [0, 0.05) is 40.9 Å². The van der Waals surface area contributed by atoms with Gasteiger partial charge in [-0.1, -0.05) is 53.4 Å². The molecule has 1 heterocycles. The third-order valence-electron chi connectivity index (χ3n) is 4.98. The molecule has 0 saturated heterocycles. The molecule has 31 heavy (non-hydrogen) atoms. The summed E-state index contributed by atoms with van der Waals surface area (Å²) in [5, 5.41) is 2.34. The number of anilines is 1. The monoisotopic (exact) mass is 481 g/mol. The number of esters is 1. The lowest BCUT2D eigenvalue weighted by atomic mass is 9.81. The Hall–Kier alpha value is -2.59. The molecule has 2 aromatic carbocycles. The first-order valence-electron chi connectivity index (χ1n) is 9.26. The normalized spacial score (nSPS) is 16.8. The van der Waals surface area contributed by atoms with Crippen LogP contribution in [0, 0.1) is 12.0 Å². The number of halogens is 3. The van der Waals surface area contributed by atoms with Crippen molar-refractivity contribution in [2.75, 3.05) is 12.1 Å².